The number of carbonyl (C=O) groups excluding carboxylic acids is 1. The number of anilines is 1. The number of fused-ring (bicyclic) bond motifs is 1. The second-order valence-corrected chi connectivity index (χ2v) is 11.3. The van der Waals surface area contributed by atoms with Gasteiger partial charge in [-0.15, -0.1) is 10.2 Å². The van der Waals surface area contributed by atoms with E-state index in [-0.39, 0.29) is 15.4 Å². The van der Waals surface area contributed by atoms with Crippen LogP contribution in [0.3, 0.4) is 0 Å². The lowest BCUT2D eigenvalue weighted by atomic mass is 9.89. The number of rotatable bonds is 5. The summed E-state index contributed by atoms with van der Waals surface area (Å²) in [6.45, 7) is 7.66. The lowest BCUT2D eigenvalue weighted by molar-refractivity contribution is 0.0701. The van der Waals surface area contributed by atoms with Gasteiger partial charge in [0.1, 0.15) is 11.4 Å². The van der Waals surface area contributed by atoms with Crippen LogP contribution in [-0.2, 0) is 10.0 Å². The van der Waals surface area contributed by atoms with Gasteiger partial charge >= 0.3 is 0 Å². The van der Waals surface area contributed by atoms with Crippen molar-refractivity contribution in [2.75, 3.05) is 5.32 Å². The van der Waals surface area contributed by atoms with Gasteiger partial charge in [0.05, 0.1) is 6.04 Å². The molecular weight excluding hydrogens is 448 g/mol. The molecule has 0 radical (unpaired) electrons. The van der Waals surface area contributed by atoms with E-state index in [1.54, 1.807) is 18.2 Å². The fraction of sp³-hybridized carbons (Fsp3) is 0.318. The zero-order chi connectivity index (χ0) is 23.1. The van der Waals surface area contributed by atoms with Gasteiger partial charge in [0.25, 0.3) is 15.9 Å². The normalized spacial score (nSPS) is 17.3. The molecule has 8 nitrogen and oxygen atoms in total. The van der Waals surface area contributed by atoms with Crippen LogP contribution in [0.4, 0.5) is 5.13 Å². The van der Waals surface area contributed by atoms with Gasteiger partial charge in [-0.25, -0.2) is 13.1 Å². The molecule has 0 fully saturated rings. The van der Waals surface area contributed by atoms with E-state index in [2.05, 4.69) is 20.2 Å². The van der Waals surface area contributed by atoms with Crippen molar-refractivity contribution in [3.63, 3.8) is 0 Å². The summed E-state index contributed by atoms with van der Waals surface area (Å²) >= 11 is 0.804. The molecule has 1 atom stereocenters. The molecule has 1 aliphatic heterocycles. The number of sulfonamides is 1. The number of hydrogen-bond donors (Lipinski definition) is 2. The zero-order valence-electron chi connectivity index (χ0n) is 18.2. The summed E-state index contributed by atoms with van der Waals surface area (Å²) in [5, 5.41) is 10.4. The second-order valence-electron chi connectivity index (χ2n) is 8.48. The first-order valence-electron chi connectivity index (χ1n) is 10.1. The molecule has 10 heteroatoms. The third-order valence-electron chi connectivity index (χ3n) is 5.06. The molecule has 2 N–H and O–H groups in total. The van der Waals surface area contributed by atoms with Crippen LogP contribution in [0.15, 0.2) is 46.8 Å². The predicted octanol–water partition coefficient (Wildman–Crippen LogP) is 3.99. The van der Waals surface area contributed by atoms with Crippen LogP contribution in [0.25, 0.3) is 0 Å². The molecule has 2 aromatic carbocycles. The van der Waals surface area contributed by atoms with Crippen LogP contribution in [0.5, 0.6) is 5.75 Å². The Hall–Kier alpha value is -2.82. The lowest BCUT2D eigenvalue weighted by Crippen LogP contribution is -2.41. The molecule has 0 aliphatic carbocycles. The summed E-state index contributed by atoms with van der Waals surface area (Å²) in [5.41, 5.74) is 2.65. The minimum absolute atomic E-state index is 0.112. The Balaban J connectivity index is 1.54. The van der Waals surface area contributed by atoms with E-state index in [1.165, 1.54) is 0 Å². The van der Waals surface area contributed by atoms with E-state index in [0.29, 0.717) is 17.7 Å². The number of ether oxygens (including phenoxy) is 1. The Morgan fingerprint density at radius 3 is 2.62 bits per heavy atom. The molecule has 4 rings (SSSR count). The zero-order valence-corrected chi connectivity index (χ0v) is 19.8. The summed E-state index contributed by atoms with van der Waals surface area (Å²) in [6, 6.07) is 12.3. The SMILES string of the molecule is Cc1cccc(C(=O)Nc2nnc(S(=O)(=O)N[C@@H]3CC(C)(C)Oc4ccc(C)cc43)s2)c1. The van der Waals surface area contributed by atoms with E-state index in [9.17, 15) is 13.2 Å². The van der Waals surface area contributed by atoms with Crippen molar-refractivity contribution in [1.29, 1.82) is 0 Å². The van der Waals surface area contributed by atoms with Gasteiger partial charge in [-0.05, 0) is 45.9 Å². The minimum Gasteiger partial charge on any atom is -0.487 e. The van der Waals surface area contributed by atoms with Crippen LogP contribution in [0.2, 0.25) is 0 Å². The van der Waals surface area contributed by atoms with E-state index in [4.69, 9.17) is 4.74 Å². The minimum atomic E-state index is -3.96. The average Bonchev–Trinajstić information content (AvgIpc) is 3.17. The fourth-order valence-electron chi connectivity index (χ4n) is 3.64. The predicted molar refractivity (Wildman–Crippen MR) is 123 cm³/mol. The number of nitrogens with zero attached hydrogens (tertiary/aromatic N) is 2. The maximum atomic E-state index is 13.1. The first-order chi connectivity index (χ1) is 15.0. The number of carbonyl (C=O) groups is 1. The number of benzene rings is 2. The quantitative estimate of drug-likeness (QED) is 0.544. The Bertz CT molecular complexity index is 1280. The molecule has 0 saturated carbocycles. The van der Waals surface area contributed by atoms with Gasteiger partial charge in [0, 0.05) is 17.5 Å². The molecule has 1 aliphatic rings. The summed E-state index contributed by atoms with van der Waals surface area (Å²) in [7, 11) is -3.96. The first-order valence-corrected chi connectivity index (χ1v) is 12.4. The smallest absolute Gasteiger partial charge is 0.270 e. The van der Waals surface area contributed by atoms with Gasteiger partial charge in [-0.2, -0.15) is 0 Å². The molecule has 0 unspecified atom stereocenters. The average molecular weight is 473 g/mol. The summed E-state index contributed by atoms with van der Waals surface area (Å²) < 4.78 is 34.7. The number of nitrogens with one attached hydrogen (secondary N) is 2. The van der Waals surface area contributed by atoms with E-state index in [1.807, 2.05) is 52.0 Å². The van der Waals surface area contributed by atoms with Crippen molar-refractivity contribution in [3.05, 3.63) is 64.7 Å². The maximum absolute atomic E-state index is 13.1. The highest BCUT2D eigenvalue weighted by Gasteiger charge is 2.37. The molecule has 0 spiro atoms. The third-order valence-corrected chi connectivity index (χ3v) is 7.73. The molecule has 1 amide bonds. The second kappa shape index (κ2) is 8.27. The Labute approximate surface area is 191 Å². The largest absolute Gasteiger partial charge is 0.487 e. The third kappa shape index (κ3) is 4.82. The van der Waals surface area contributed by atoms with Crippen molar-refractivity contribution in [2.45, 2.75) is 50.1 Å². The van der Waals surface area contributed by atoms with E-state index in [0.717, 1.165) is 28.0 Å². The highest BCUT2D eigenvalue weighted by atomic mass is 32.2. The lowest BCUT2D eigenvalue weighted by Gasteiger charge is -2.37. The molecule has 168 valence electrons. The molecule has 3 aromatic rings. The van der Waals surface area contributed by atoms with Gasteiger partial charge in [-0.1, -0.05) is 46.7 Å². The van der Waals surface area contributed by atoms with Crippen LogP contribution < -0.4 is 14.8 Å². The van der Waals surface area contributed by atoms with Crippen LogP contribution in [0, 0.1) is 13.8 Å². The Morgan fingerprint density at radius 1 is 1.12 bits per heavy atom. The highest BCUT2D eigenvalue weighted by molar-refractivity contribution is 7.91. The first kappa shape index (κ1) is 22.4. The van der Waals surface area contributed by atoms with Crippen LogP contribution in [0.1, 0.15) is 53.4 Å². The standard InChI is InChI=1S/C22H24N4O4S2/c1-13-6-5-7-15(10-13)19(27)23-20-24-25-21(31-20)32(28,29)26-17-12-22(3,4)30-18-9-8-14(2)11-16(17)18/h5-11,17,26H,12H2,1-4H3,(H,23,24,27)/t17-/m1/s1. The number of amides is 1. The highest BCUT2D eigenvalue weighted by Crippen LogP contribution is 2.40. The Kier molecular flexibility index (Phi) is 5.78. The molecule has 0 bridgehead atoms. The molecule has 32 heavy (non-hydrogen) atoms. The van der Waals surface area contributed by atoms with E-state index < -0.39 is 21.7 Å². The fourth-order valence-corrected chi connectivity index (χ4v) is 5.77. The molecule has 1 aromatic heterocycles. The topological polar surface area (TPSA) is 110 Å². The number of aryl methyl sites for hydroxylation is 2. The van der Waals surface area contributed by atoms with Crippen molar-refractivity contribution >= 4 is 32.4 Å². The van der Waals surface area contributed by atoms with Crippen molar-refractivity contribution < 1.29 is 17.9 Å². The summed E-state index contributed by atoms with van der Waals surface area (Å²) in [5.74, 6) is 0.278. The van der Waals surface area contributed by atoms with Crippen molar-refractivity contribution in [1.82, 2.24) is 14.9 Å². The van der Waals surface area contributed by atoms with Crippen LogP contribution in [-0.4, -0.2) is 30.1 Å². The maximum Gasteiger partial charge on any atom is 0.270 e. The van der Waals surface area contributed by atoms with Gasteiger partial charge in [0.15, 0.2) is 0 Å². The molecular formula is C22H24N4O4S2. The summed E-state index contributed by atoms with van der Waals surface area (Å²) in [4.78, 5) is 12.4. The van der Waals surface area contributed by atoms with Crippen molar-refractivity contribution in [3.8, 4) is 5.75 Å². The monoisotopic (exact) mass is 472 g/mol. The molecule has 0 saturated heterocycles. The molecule has 2 heterocycles. The van der Waals surface area contributed by atoms with Crippen LogP contribution >= 0.6 is 11.3 Å². The van der Waals surface area contributed by atoms with Gasteiger partial charge < -0.3 is 4.74 Å². The van der Waals surface area contributed by atoms with Gasteiger partial charge in [-0.3, -0.25) is 10.1 Å². The number of hydrogen-bond acceptors (Lipinski definition) is 7. The van der Waals surface area contributed by atoms with Gasteiger partial charge in [0.2, 0.25) is 9.47 Å². The van der Waals surface area contributed by atoms with E-state index >= 15 is 0 Å². The summed E-state index contributed by atoms with van der Waals surface area (Å²) in [6.07, 6.45) is 0.457. The Morgan fingerprint density at radius 2 is 1.88 bits per heavy atom. The number of aromatic nitrogens is 2. The van der Waals surface area contributed by atoms with Crippen molar-refractivity contribution in [2.24, 2.45) is 0 Å².